The normalized spacial score (nSPS) is 11.3. The zero-order valence-corrected chi connectivity index (χ0v) is 16.3. The Bertz CT molecular complexity index is 892. The Balaban J connectivity index is 2.00. The number of carboxylic acids is 1. The molecule has 0 saturated carbocycles. The molecule has 0 radical (unpaired) electrons. The lowest BCUT2D eigenvalue weighted by atomic mass is 10.0. The third-order valence-electron chi connectivity index (χ3n) is 4.18. The molecule has 0 fully saturated rings. The minimum atomic E-state index is -1.02. The summed E-state index contributed by atoms with van der Waals surface area (Å²) in [5, 5.41) is 13.0. The lowest BCUT2D eigenvalue weighted by Crippen LogP contribution is -2.26. The molecule has 0 atom stereocenters. The molecular weight excluding hydrogens is 350 g/mol. The molecular formula is C24H25NO3. The van der Waals surface area contributed by atoms with Gasteiger partial charge < -0.3 is 15.2 Å². The van der Waals surface area contributed by atoms with Crippen molar-refractivity contribution in [3.63, 3.8) is 0 Å². The third-order valence-corrected chi connectivity index (χ3v) is 4.18. The van der Waals surface area contributed by atoms with Crippen LogP contribution in [0.5, 0.6) is 5.75 Å². The van der Waals surface area contributed by atoms with Gasteiger partial charge >= 0.3 is 5.97 Å². The van der Waals surface area contributed by atoms with E-state index < -0.39 is 12.1 Å². The largest absolute Gasteiger partial charge is 0.480 e. The van der Waals surface area contributed by atoms with E-state index in [0.717, 1.165) is 16.8 Å². The molecule has 4 nitrogen and oxygen atoms in total. The van der Waals surface area contributed by atoms with Crippen molar-refractivity contribution < 1.29 is 14.6 Å². The molecule has 0 aliphatic rings. The Morgan fingerprint density at radius 2 is 1.43 bits per heavy atom. The van der Waals surface area contributed by atoms with E-state index in [9.17, 15) is 9.90 Å². The highest BCUT2D eigenvalue weighted by Gasteiger charge is 2.21. The van der Waals surface area contributed by atoms with Crippen molar-refractivity contribution in [1.82, 2.24) is 0 Å². The van der Waals surface area contributed by atoms with Gasteiger partial charge in [0.1, 0.15) is 17.4 Å². The van der Waals surface area contributed by atoms with E-state index in [-0.39, 0.29) is 11.1 Å². The fourth-order valence-corrected chi connectivity index (χ4v) is 3.02. The molecule has 3 aromatic carbocycles. The lowest BCUT2D eigenvalue weighted by Gasteiger charge is -2.24. The van der Waals surface area contributed by atoms with E-state index in [1.165, 1.54) is 0 Å². The average Bonchev–Trinajstić information content (AvgIpc) is 2.67. The number of rotatable bonds is 6. The van der Waals surface area contributed by atoms with Crippen LogP contribution in [0.15, 0.2) is 78.9 Å². The van der Waals surface area contributed by atoms with Gasteiger partial charge in [0.15, 0.2) is 0 Å². The molecule has 0 heterocycles. The summed E-state index contributed by atoms with van der Waals surface area (Å²) in [5.74, 6) is -0.683. The van der Waals surface area contributed by atoms with Gasteiger partial charge in [-0.05, 0) is 50.1 Å². The predicted octanol–water partition coefficient (Wildman–Crippen LogP) is 5.76. The first-order chi connectivity index (χ1) is 13.3. The number of carboxylic acid groups (broad SMARTS) is 1. The van der Waals surface area contributed by atoms with Gasteiger partial charge in [0.05, 0.1) is 0 Å². The first-order valence-corrected chi connectivity index (χ1v) is 9.25. The summed E-state index contributed by atoms with van der Waals surface area (Å²) in [6.45, 7) is 6.08. The second kappa shape index (κ2) is 8.17. The summed E-state index contributed by atoms with van der Waals surface area (Å²) < 4.78 is 6.26. The van der Waals surface area contributed by atoms with Gasteiger partial charge in [-0.15, -0.1) is 0 Å². The summed E-state index contributed by atoms with van der Waals surface area (Å²) in [6.07, 6.45) is -0.401. The maximum absolute atomic E-state index is 11.9. The van der Waals surface area contributed by atoms with Crippen LogP contribution in [0.4, 0.5) is 5.69 Å². The highest BCUT2D eigenvalue weighted by atomic mass is 16.5. The number of aromatic carboxylic acids is 1. The minimum Gasteiger partial charge on any atom is -0.480 e. The second-order valence-corrected chi connectivity index (χ2v) is 7.71. The molecule has 2 N–H and O–H groups in total. The van der Waals surface area contributed by atoms with Gasteiger partial charge in [-0.1, -0.05) is 60.7 Å². The van der Waals surface area contributed by atoms with E-state index in [1.54, 1.807) is 12.1 Å². The van der Waals surface area contributed by atoms with Gasteiger partial charge in [0.25, 0.3) is 0 Å². The van der Waals surface area contributed by atoms with Crippen molar-refractivity contribution in [1.29, 1.82) is 0 Å². The maximum Gasteiger partial charge on any atom is 0.339 e. The number of benzene rings is 3. The summed E-state index contributed by atoms with van der Waals surface area (Å²) in [5.41, 5.74) is 2.62. The van der Waals surface area contributed by atoms with Crippen LogP contribution in [0, 0.1) is 0 Å². The van der Waals surface area contributed by atoms with Crippen LogP contribution in [-0.4, -0.2) is 16.6 Å². The number of nitrogens with one attached hydrogen (secondary N) is 1. The fraction of sp³-hybridized carbons (Fsp3) is 0.208. The van der Waals surface area contributed by atoms with Crippen LogP contribution in [-0.2, 0) is 0 Å². The molecule has 0 unspecified atom stereocenters. The molecule has 0 amide bonds. The van der Waals surface area contributed by atoms with Crippen LogP contribution in [0.2, 0.25) is 0 Å². The number of hydrogen-bond acceptors (Lipinski definition) is 3. The van der Waals surface area contributed by atoms with Gasteiger partial charge in [0.2, 0.25) is 0 Å². The highest BCUT2D eigenvalue weighted by Crippen LogP contribution is 2.32. The van der Waals surface area contributed by atoms with Crippen LogP contribution < -0.4 is 10.1 Å². The van der Waals surface area contributed by atoms with Gasteiger partial charge in [0, 0.05) is 11.2 Å². The van der Waals surface area contributed by atoms with Crippen molar-refractivity contribution in [2.45, 2.75) is 32.4 Å². The minimum absolute atomic E-state index is 0.131. The molecule has 144 valence electrons. The van der Waals surface area contributed by atoms with Crippen molar-refractivity contribution in [2.24, 2.45) is 0 Å². The van der Waals surface area contributed by atoms with Crippen LogP contribution in [0.3, 0.4) is 0 Å². The zero-order valence-electron chi connectivity index (χ0n) is 16.3. The van der Waals surface area contributed by atoms with Gasteiger partial charge in [-0.2, -0.15) is 0 Å². The average molecular weight is 375 g/mol. The smallest absolute Gasteiger partial charge is 0.339 e. The van der Waals surface area contributed by atoms with E-state index >= 15 is 0 Å². The topological polar surface area (TPSA) is 58.6 Å². The molecule has 4 heteroatoms. The third kappa shape index (κ3) is 4.92. The molecule has 0 bridgehead atoms. The number of ether oxygens (including phenoxy) is 1. The van der Waals surface area contributed by atoms with Crippen molar-refractivity contribution in [2.75, 3.05) is 5.32 Å². The maximum atomic E-state index is 11.9. The van der Waals surface area contributed by atoms with Crippen molar-refractivity contribution in [3.05, 3.63) is 95.6 Å². The first kappa shape index (κ1) is 19.5. The van der Waals surface area contributed by atoms with E-state index in [4.69, 9.17) is 4.74 Å². The molecule has 0 aliphatic heterocycles. The molecule has 0 saturated heterocycles. The Labute approximate surface area is 165 Å². The predicted molar refractivity (Wildman–Crippen MR) is 112 cm³/mol. The summed E-state index contributed by atoms with van der Waals surface area (Å²) in [6, 6.07) is 24.8. The van der Waals surface area contributed by atoms with E-state index in [0.29, 0.717) is 5.75 Å². The molecule has 3 aromatic rings. The quantitative estimate of drug-likeness (QED) is 0.575. The molecule has 0 aromatic heterocycles. The first-order valence-electron chi connectivity index (χ1n) is 9.25. The molecule has 3 rings (SSSR count). The van der Waals surface area contributed by atoms with E-state index in [1.807, 2.05) is 87.5 Å². The number of carbonyl (C=O) groups is 1. The molecule has 28 heavy (non-hydrogen) atoms. The second-order valence-electron chi connectivity index (χ2n) is 7.71. The fourth-order valence-electron chi connectivity index (χ4n) is 3.02. The standard InChI is InChI=1S/C24H25NO3/c1-24(2,3)25-19-14-15-21(20(16-19)23(26)27)28-22(17-10-6-4-7-11-17)18-12-8-5-9-13-18/h4-16,22,25H,1-3H3,(H,26,27). The van der Waals surface area contributed by atoms with Gasteiger partial charge in [-0.25, -0.2) is 4.79 Å². The van der Waals surface area contributed by atoms with E-state index in [2.05, 4.69) is 5.32 Å². The lowest BCUT2D eigenvalue weighted by molar-refractivity contribution is 0.0690. The summed E-state index contributed by atoms with van der Waals surface area (Å²) >= 11 is 0. The van der Waals surface area contributed by atoms with Crippen LogP contribution in [0.25, 0.3) is 0 Å². The summed E-state index contributed by atoms with van der Waals surface area (Å²) in [4.78, 5) is 11.9. The Kier molecular flexibility index (Phi) is 5.69. The monoisotopic (exact) mass is 375 g/mol. The van der Waals surface area contributed by atoms with Crippen molar-refractivity contribution in [3.8, 4) is 5.75 Å². The Hall–Kier alpha value is -3.27. The number of hydrogen-bond donors (Lipinski definition) is 2. The summed E-state index contributed by atoms with van der Waals surface area (Å²) in [7, 11) is 0. The Morgan fingerprint density at radius 3 is 1.89 bits per heavy atom. The number of anilines is 1. The zero-order chi connectivity index (χ0) is 20.1. The Morgan fingerprint density at radius 1 is 0.893 bits per heavy atom. The van der Waals surface area contributed by atoms with Crippen molar-refractivity contribution >= 4 is 11.7 Å². The van der Waals surface area contributed by atoms with Gasteiger partial charge in [-0.3, -0.25) is 0 Å². The highest BCUT2D eigenvalue weighted by molar-refractivity contribution is 5.92. The SMILES string of the molecule is CC(C)(C)Nc1ccc(OC(c2ccccc2)c2ccccc2)c(C(=O)O)c1. The van der Waals surface area contributed by atoms with Crippen LogP contribution >= 0.6 is 0 Å². The van der Waals surface area contributed by atoms with Crippen LogP contribution in [0.1, 0.15) is 48.4 Å². The molecule has 0 aliphatic carbocycles. The molecule has 0 spiro atoms.